The van der Waals surface area contributed by atoms with Crippen LogP contribution < -0.4 is 22.1 Å². The number of aryl methyl sites for hydroxylation is 1. The fourth-order valence-corrected chi connectivity index (χ4v) is 7.10. The van der Waals surface area contributed by atoms with Crippen LogP contribution in [0.15, 0.2) is 150 Å². The van der Waals surface area contributed by atoms with Crippen LogP contribution in [0.2, 0.25) is 0 Å². The molecule has 3 nitrogen and oxygen atoms in total. The Morgan fingerprint density at radius 1 is 0.510 bits per heavy atom. The first-order valence-electron chi connectivity index (χ1n) is 17.0. The fourth-order valence-electron chi connectivity index (χ4n) is 7.10. The van der Waals surface area contributed by atoms with Crippen molar-refractivity contribution in [3.63, 3.8) is 0 Å². The minimum absolute atomic E-state index is 0.644. The van der Waals surface area contributed by atoms with Gasteiger partial charge in [-0.1, -0.05) is 140 Å². The van der Waals surface area contributed by atoms with Gasteiger partial charge in [-0.2, -0.15) is 0 Å². The first-order chi connectivity index (χ1) is 24.1. The van der Waals surface area contributed by atoms with E-state index >= 15 is 0 Å². The molecule has 0 aliphatic heterocycles. The highest BCUT2D eigenvalue weighted by molar-refractivity contribution is 6.20. The number of furan rings is 1. The molecular weight excluding hydrogens is 597 g/mol. The molecule has 3 heteroatoms. The molecule has 1 heterocycles. The minimum atomic E-state index is 0.644. The topological polar surface area (TPSA) is 65.2 Å². The summed E-state index contributed by atoms with van der Waals surface area (Å²) < 4.78 is 6.15. The molecule has 0 spiro atoms. The molecule has 0 saturated carbocycles. The number of hydrogen-bond acceptors (Lipinski definition) is 3. The normalized spacial score (nSPS) is 12.4. The Labute approximate surface area is 286 Å². The molecular formula is C46H38N2O. The van der Waals surface area contributed by atoms with Crippen molar-refractivity contribution in [3.05, 3.63) is 167 Å². The molecule has 0 fully saturated rings. The lowest BCUT2D eigenvalue weighted by Gasteiger charge is -2.14. The van der Waals surface area contributed by atoms with Crippen LogP contribution in [0.3, 0.4) is 0 Å². The molecule has 0 radical (unpaired) electrons. The van der Waals surface area contributed by atoms with Gasteiger partial charge in [0.25, 0.3) is 0 Å². The third-order valence-electron chi connectivity index (χ3n) is 9.78. The molecule has 4 N–H and O–H groups in total. The van der Waals surface area contributed by atoms with Gasteiger partial charge in [0.05, 0.1) is 11.4 Å². The van der Waals surface area contributed by atoms with Crippen molar-refractivity contribution in [2.75, 3.05) is 11.5 Å². The van der Waals surface area contributed by atoms with E-state index in [1.165, 1.54) is 38.4 Å². The molecule has 0 unspecified atom stereocenters. The van der Waals surface area contributed by atoms with Crippen molar-refractivity contribution in [2.24, 2.45) is 0 Å². The zero-order valence-electron chi connectivity index (χ0n) is 27.6. The number of nitrogens with two attached hydrogens (primary N) is 2. The highest BCUT2D eigenvalue weighted by Crippen LogP contribution is 2.40. The average molecular weight is 635 g/mol. The second kappa shape index (κ2) is 12.9. The smallest absolute Gasteiger partial charge is 0.138 e. The summed E-state index contributed by atoms with van der Waals surface area (Å²) in [6.07, 6.45) is 5.53. The predicted octanol–water partition coefficient (Wildman–Crippen LogP) is 10.3. The summed E-state index contributed by atoms with van der Waals surface area (Å²) in [6.45, 7) is 2.19. The standard InChI is InChI=1S/C26H20N2.C20H18O/c27-25-23-15-19(17-7-3-1-4-8-17)11-13-21(23)22-14-12-20(16-24(22)26(25)28)18-9-5-2-6-10-18;1-2-14-10-12-15(13-11-14)16-7-5-8-18-17-6-3-4-9-19(17)21-20(16)18/h1-16H,27-28H2;3-4,6,8-13H,2,5,7H2,1H3. The number of para-hydroxylation sites is 1. The van der Waals surface area contributed by atoms with E-state index in [1.807, 2.05) is 42.5 Å². The third-order valence-corrected chi connectivity index (χ3v) is 9.78. The van der Waals surface area contributed by atoms with Crippen molar-refractivity contribution < 1.29 is 4.42 Å². The van der Waals surface area contributed by atoms with Gasteiger partial charge in [0.15, 0.2) is 0 Å². The lowest BCUT2D eigenvalue weighted by atomic mass is 9.93. The van der Waals surface area contributed by atoms with Crippen molar-refractivity contribution in [1.82, 2.24) is 0 Å². The van der Waals surface area contributed by atoms with Crippen molar-refractivity contribution in [3.8, 4) is 22.3 Å². The van der Waals surface area contributed by atoms with Crippen LogP contribution in [0.4, 0.5) is 11.4 Å². The average Bonchev–Trinajstić information content (AvgIpc) is 3.57. The van der Waals surface area contributed by atoms with Crippen LogP contribution in [-0.2, 0) is 6.42 Å². The number of benzene rings is 7. The maximum absolute atomic E-state index is 6.50. The Morgan fingerprint density at radius 2 is 1.04 bits per heavy atom. The van der Waals surface area contributed by atoms with Gasteiger partial charge in [-0.3, -0.25) is 0 Å². The monoisotopic (exact) mass is 634 g/mol. The molecule has 9 rings (SSSR count). The van der Waals surface area contributed by atoms with Gasteiger partial charge >= 0.3 is 0 Å². The van der Waals surface area contributed by atoms with Gasteiger partial charge < -0.3 is 15.9 Å². The maximum atomic E-state index is 6.50. The van der Waals surface area contributed by atoms with Crippen LogP contribution in [0, 0.1) is 0 Å². The molecule has 1 aromatic heterocycles. The van der Waals surface area contributed by atoms with Crippen LogP contribution in [0.25, 0.3) is 66.4 Å². The summed E-state index contributed by atoms with van der Waals surface area (Å²) in [5.41, 5.74) is 25.0. The predicted molar refractivity (Wildman–Crippen MR) is 209 cm³/mol. The van der Waals surface area contributed by atoms with E-state index in [9.17, 15) is 0 Å². The summed E-state index contributed by atoms with van der Waals surface area (Å²) in [4.78, 5) is 0. The van der Waals surface area contributed by atoms with E-state index in [2.05, 4.69) is 116 Å². The van der Waals surface area contributed by atoms with Crippen LogP contribution in [-0.4, -0.2) is 0 Å². The molecule has 8 aromatic rings. The van der Waals surface area contributed by atoms with E-state index in [-0.39, 0.29) is 0 Å². The van der Waals surface area contributed by atoms with Gasteiger partial charge in [0, 0.05) is 27.0 Å². The summed E-state index contributed by atoms with van der Waals surface area (Å²) in [5.74, 6) is 0. The Hall–Kier alpha value is -6.06. The summed E-state index contributed by atoms with van der Waals surface area (Å²) >= 11 is 0. The Morgan fingerprint density at radius 3 is 1.61 bits per heavy atom. The molecule has 0 amide bonds. The lowest BCUT2D eigenvalue weighted by Crippen LogP contribution is -2.26. The fraction of sp³-hybridized carbons (Fsp3) is 0.0870. The second-order valence-electron chi connectivity index (χ2n) is 12.7. The maximum Gasteiger partial charge on any atom is 0.138 e. The van der Waals surface area contributed by atoms with Gasteiger partial charge in [-0.25, -0.2) is 0 Å². The zero-order chi connectivity index (χ0) is 33.3. The van der Waals surface area contributed by atoms with Gasteiger partial charge in [0.1, 0.15) is 11.0 Å². The number of rotatable bonds is 4. The number of anilines is 2. The molecule has 7 aromatic carbocycles. The number of nitrogen functional groups attached to an aromatic ring is 2. The van der Waals surface area contributed by atoms with Crippen molar-refractivity contribution in [1.29, 1.82) is 0 Å². The minimum Gasteiger partial charge on any atom is -0.456 e. The van der Waals surface area contributed by atoms with Crippen molar-refractivity contribution >= 4 is 55.5 Å². The molecule has 0 atom stereocenters. The molecule has 49 heavy (non-hydrogen) atoms. The molecule has 1 aliphatic rings. The van der Waals surface area contributed by atoms with E-state index in [0.29, 0.717) is 11.4 Å². The van der Waals surface area contributed by atoms with Gasteiger partial charge in [-0.15, -0.1) is 0 Å². The zero-order valence-corrected chi connectivity index (χ0v) is 27.6. The molecule has 0 saturated heterocycles. The first kappa shape index (κ1) is 30.3. The van der Waals surface area contributed by atoms with E-state index < -0.39 is 0 Å². The largest absolute Gasteiger partial charge is 0.456 e. The van der Waals surface area contributed by atoms with Crippen molar-refractivity contribution in [2.45, 2.75) is 26.2 Å². The Balaban J connectivity index is 0.000000148. The summed E-state index contributed by atoms with van der Waals surface area (Å²) in [6, 6.07) is 50.8. The molecule has 238 valence electrons. The second-order valence-corrected chi connectivity index (χ2v) is 12.7. The summed E-state index contributed by atoms with van der Waals surface area (Å²) in [7, 11) is 0. The van der Waals surface area contributed by atoms with E-state index in [1.54, 1.807) is 0 Å². The summed E-state index contributed by atoms with van der Waals surface area (Å²) in [5, 5.41) is 6.75. The third kappa shape index (κ3) is 5.64. The quantitative estimate of drug-likeness (QED) is 0.115. The van der Waals surface area contributed by atoms with Gasteiger partial charge in [-0.05, 0) is 81.6 Å². The van der Waals surface area contributed by atoms with Crippen LogP contribution >= 0.6 is 0 Å². The highest BCUT2D eigenvalue weighted by Gasteiger charge is 2.14. The van der Waals surface area contributed by atoms with E-state index in [0.717, 1.165) is 62.9 Å². The highest BCUT2D eigenvalue weighted by atomic mass is 16.3. The molecule has 1 aliphatic carbocycles. The SMILES string of the molecule is CCc1ccc(C2=c3oc4ccccc4c3=CCC2)cc1.Nc1c(N)c2cc(-c3ccccc3)ccc2c2ccc(-c3ccccc3)cc12. The number of fused-ring (bicyclic) bond motifs is 6. The Kier molecular flexibility index (Phi) is 7.95. The van der Waals surface area contributed by atoms with Crippen LogP contribution in [0.5, 0.6) is 0 Å². The Bertz CT molecular complexity index is 2480. The first-order valence-corrected chi connectivity index (χ1v) is 17.0. The molecule has 0 bridgehead atoms. The number of hydrogen-bond donors (Lipinski definition) is 2. The lowest BCUT2D eigenvalue weighted by molar-refractivity contribution is 0.568. The van der Waals surface area contributed by atoms with Gasteiger partial charge in [0.2, 0.25) is 0 Å². The van der Waals surface area contributed by atoms with Crippen LogP contribution in [0.1, 0.15) is 30.9 Å². The van der Waals surface area contributed by atoms with E-state index in [4.69, 9.17) is 15.9 Å².